The zero-order valence-corrected chi connectivity index (χ0v) is 18.2. The highest BCUT2D eigenvalue weighted by Gasteiger charge is 2.17. The first-order chi connectivity index (χ1) is 15.0. The second-order valence-corrected chi connectivity index (χ2v) is 7.50. The molecule has 5 nitrogen and oxygen atoms in total. The summed E-state index contributed by atoms with van der Waals surface area (Å²) in [5.74, 6) is 0.608. The number of carbonyl (C=O) groups excluding carboxylic acids is 2. The van der Waals surface area contributed by atoms with Gasteiger partial charge in [0.2, 0.25) is 0 Å². The van der Waals surface area contributed by atoms with Crippen molar-refractivity contribution in [3.63, 3.8) is 0 Å². The number of ether oxygens (including phenoxy) is 1. The summed E-state index contributed by atoms with van der Waals surface area (Å²) in [5, 5.41) is 2.82. The number of rotatable bonds is 8. The van der Waals surface area contributed by atoms with E-state index in [1.165, 1.54) is 0 Å². The van der Waals surface area contributed by atoms with Crippen molar-refractivity contribution in [3.05, 3.63) is 90.0 Å². The van der Waals surface area contributed by atoms with Gasteiger partial charge in [-0.1, -0.05) is 56.3 Å². The fourth-order valence-electron chi connectivity index (χ4n) is 3.37. The summed E-state index contributed by atoms with van der Waals surface area (Å²) in [6.07, 6.45) is 0. The maximum atomic E-state index is 13.0. The molecule has 1 N–H and O–H groups in total. The van der Waals surface area contributed by atoms with Crippen LogP contribution in [0.25, 0.3) is 0 Å². The van der Waals surface area contributed by atoms with Gasteiger partial charge in [-0.25, -0.2) is 0 Å². The van der Waals surface area contributed by atoms with Gasteiger partial charge in [-0.05, 0) is 54.8 Å². The number of hydrogen-bond acceptors (Lipinski definition) is 3. The molecule has 0 spiro atoms. The SMILES string of the molecule is CCN(C(=O)c1cccc(NC(=O)COc2ccccc2C(C)C)c1)c1ccccc1. The molecule has 3 aromatic carbocycles. The Morgan fingerprint density at radius 2 is 1.65 bits per heavy atom. The van der Waals surface area contributed by atoms with Gasteiger partial charge in [-0.2, -0.15) is 0 Å². The lowest BCUT2D eigenvalue weighted by Crippen LogP contribution is -2.30. The average Bonchev–Trinajstić information content (AvgIpc) is 2.79. The molecule has 160 valence electrons. The van der Waals surface area contributed by atoms with Gasteiger partial charge >= 0.3 is 0 Å². The quantitative estimate of drug-likeness (QED) is 0.528. The highest BCUT2D eigenvalue weighted by atomic mass is 16.5. The second-order valence-electron chi connectivity index (χ2n) is 7.50. The minimum Gasteiger partial charge on any atom is -0.483 e. The molecule has 0 aliphatic rings. The monoisotopic (exact) mass is 416 g/mol. The predicted molar refractivity (Wildman–Crippen MR) is 125 cm³/mol. The molecule has 0 bridgehead atoms. The molecule has 2 amide bonds. The Labute approximate surface area is 183 Å². The van der Waals surface area contributed by atoms with E-state index in [2.05, 4.69) is 19.2 Å². The maximum absolute atomic E-state index is 13.0. The molecule has 3 aromatic rings. The first-order valence-electron chi connectivity index (χ1n) is 10.5. The summed E-state index contributed by atoms with van der Waals surface area (Å²) >= 11 is 0. The summed E-state index contributed by atoms with van der Waals surface area (Å²) in [6.45, 7) is 6.54. The van der Waals surface area contributed by atoms with Gasteiger partial charge in [-0.3, -0.25) is 9.59 Å². The Balaban J connectivity index is 1.66. The zero-order chi connectivity index (χ0) is 22.2. The van der Waals surface area contributed by atoms with E-state index in [1.807, 2.05) is 61.5 Å². The van der Waals surface area contributed by atoms with Crippen LogP contribution >= 0.6 is 0 Å². The van der Waals surface area contributed by atoms with Gasteiger partial charge < -0.3 is 15.0 Å². The van der Waals surface area contributed by atoms with E-state index >= 15 is 0 Å². The molecule has 0 atom stereocenters. The normalized spacial score (nSPS) is 10.6. The minimum atomic E-state index is -0.279. The standard InChI is InChI=1S/C26H28N2O3/c1-4-28(22-13-6-5-7-14-22)26(30)20-11-10-12-21(17-20)27-25(29)18-31-24-16-9-8-15-23(24)19(2)3/h5-17,19H,4,18H2,1-3H3,(H,27,29). The minimum absolute atomic E-state index is 0.104. The molecule has 0 saturated heterocycles. The third-order valence-corrected chi connectivity index (χ3v) is 4.92. The van der Waals surface area contributed by atoms with E-state index in [-0.39, 0.29) is 18.4 Å². The lowest BCUT2D eigenvalue weighted by Gasteiger charge is -2.21. The van der Waals surface area contributed by atoms with E-state index in [4.69, 9.17) is 4.74 Å². The van der Waals surface area contributed by atoms with E-state index in [0.717, 1.165) is 11.3 Å². The topological polar surface area (TPSA) is 58.6 Å². The number of para-hydroxylation sites is 2. The van der Waals surface area contributed by atoms with Gasteiger partial charge in [0.15, 0.2) is 6.61 Å². The Bertz CT molecular complexity index is 1030. The van der Waals surface area contributed by atoms with Gasteiger partial charge in [0.1, 0.15) is 5.75 Å². The van der Waals surface area contributed by atoms with Crippen molar-refractivity contribution in [1.29, 1.82) is 0 Å². The molecule has 0 aromatic heterocycles. The van der Waals surface area contributed by atoms with Crippen LogP contribution < -0.4 is 15.0 Å². The average molecular weight is 417 g/mol. The number of hydrogen-bond donors (Lipinski definition) is 1. The highest BCUT2D eigenvalue weighted by molar-refractivity contribution is 6.07. The highest BCUT2D eigenvalue weighted by Crippen LogP contribution is 2.26. The Kier molecular flexibility index (Phi) is 7.44. The Morgan fingerprint density at radius 1 is 0.935 bits per heavy atom. The van der Waals surface area contributed by atoms with Gasteiger partial charge in [0, 0.05) is 23.5 Å². The van der Waals surface area contributed by atoms with Crippen LogP contribution in [0, 0.1) is 0 Å². The molecule has 3 rings (SSSR count). The molecule has 0 saturated carbocycles. The first kappa shape index (κ1) is 22.1. The molecule has 0 fully saturated rings. The number of nitrogens with one attached hydrogen (secondary N) is 1. The third-order valence-electron chi connectivity index (χ3n) is 4.92. The van der Waals surface area contributed by atoms with Crippen LogP contribution in [-0.2, 0) is 4.79 Å². The fourth-order valence-corrected chi connectivity index (χ4v) is 3.37. The molecular formula is C26H28N2O3. The largest absolute Gasteiger partial charge is 0.483 e. The number of carbonyl (C=O) groups is 2. The molecule has 0 aliphatic carbocycles. The van der Waals surface area contributed by atoms with Crippen molar-refractivity contribution in [2.45, 2.75) is 26.7 Å². The van der Waals surface area contributed by atoms with Crippen molar-refractivity contribution in [2.24, 2.45) is 0 Å². The summed E-state index contributed by atoms with van der Waals surface area (Å²) in [7, 11) is 0. The van der Waals surface area contributed by atoms with E-state index < -0.39 is 0 Å². The van der Waals surface area contributed by atoms with Gasteiger partial charge in [-0.15, -0.1) is 0 Å². The third kappa shape index (κ3) is 5.72. The molecule has 31 heavy (non-hydrogen) atoms. The van der Waals surface area contributed by atoms with Gasteiger partial charge in [0.05, 0.1) is 0 Å². The van der Waals surface area contributed by atoms with E-state index in [9.17, 15) is 9.59 Å². The Morgan fingerprint density at radius 3 is 2.35 bits per heavy atom. The molecule has 0 heterocycles. The summed E-state index contributed by atoms with van der Waals surface area (Å²) < 4.78 is 5.74. The molecule has 0 radical (unpaired) electrons. The van der Waals surface area contributed by atoms with Crippen molar-refractivity contribution in [3.8, 4) is 5.75 Å². The Hall–Kier alpha value is -3.60. The first-order valence-corrected chi connectivity index (χ1v) is 10.5. The van der Waals surface area contributed by atoms with E-state index in [1.54, 1.807) is 29.2 Å². The van der Waals surface area contributed by atoms with Gasteiger partial charge in [0.25, 0.3) is 11.8 Å². The second kappa shape index (κ2) is 10.4. The maximum Gasteiger partial charge on any atom is 0.262 e. The van der Waals surface area contributed by atoms with E-state index in [0.29, 0.717) is 29.5 Å². The van der Waals surface area contributed by atoms with Crippen LogP contribution in [-0.4, -0.2) is 25.0 Å². The van der Waals surface area contributed by atoms with Crippen LogP contribution in [0.2, 0.25) is 0 Å². The van der Waals surface area contributed by atoms with Crippen molar-refractivity contribution in [1.82, 2.24) is 0 Å². The van der Waals surface area contributed by atoms with Crippen LogP contribution in [0.1, 0.15) is 42.6 Å². The van der Waals surface area contributed by atoms with Crippen LogP contribution in [0.3, 0.4) is 0 Å². The molecular weight excluding hydrogens is 388 g/mol. The predicted octanol–water partition coefficient (Wildman–Crippen LogP) is 5.49. The number of anilines is 2. The fraction of sp³-hybridized carbons (Fsp3) is 0.231. The summed E-state index contributed by atoms with van der Waals surface area (Å²) in [4.78, 5) is 27.1. The number of benzene rings is 3. The molecule has 0 unspecified atom stereocenters. The smallest absolute Gasteiger partial charge is 0.262 e. The zero-order valence-electron chi connectivity index (χ0n) is 18.2. The van der Waals surface area contributed by atoms with Crippen molar-refractivity contribution in [2.75, 3.05) is 23.4 Å². The van der Waals surface area contributed by atoms with Crippen molar-refractivity contribution < 1.29 is 14.3 Å². The lowest BCUT2D eigenvalue weighted by atomic mass is 10.0. The summed E-state index contributed by atoms with van der Waals surface area (Å²) in [6, 6.07) is 24.2. The molecule has 5 heteroatoms. The van der Waals surface area contributed by atoms with Crippen LogP contribution in [0.4, 0.5) is 11.4 Å². The number of amides is 2. The van der Waals surface area contributed by atoms with Crippen LogP contribution in [0.15, 0.2) is 78.9 Å². The lowest BCUT2D eigenvalue weighted by molar-refractivity contribution is -0.118. The number of nitrogens with zero attached hydrogens (tertiary/aromatic N) is 1. The van der Waals surface area contributed by atoms with Crippen LogP contribution in [0.5, 0.6) is 5.75 Å². The molecule has 0 aliphatic heterocycles. The van der Waals surface area contributed by atoms with Crippen molar-refractivity contribution >= 4 is 23.2 Å². The summed E-state index contributed by atoms with van der Waals surface area (Å²) in [5.41, 5.74) is 2.96.